The second kappa shape index (κ2) is 4.82. The van der Waals surface area contributed by atoms with Gasteiger partial charge in [-0.3, -0.25) is 4.79 Å². The van der Waals surface area contributed by atoms with E-state index in [1.165, 1.54) is 25.7 Å². The van der Waals surface area contributed by atoms with Crippen LogP contribution in [0.3, 0.4) is 0 Å². The first-order chi connectivity index (χ1) is 9.96. The van der Waals surface area contributed by atoms with Crippen LogP contribution in [0.25, 0.3) is 0 Å². The summed E-state index contributed by atoms with van der Waals surface area (Å²) in [6.07, 6.45) is 8.34. The summed E-state index contributed by atoms with van der Waals surface area (Å²) in [6, 6.07) is 0. The van der Waals surface area contributed by atoms with Crippen LogP contribution in [0.5, 0.6) is 0 Å². The van der Waals surface area contributed by atoms with Gasteiger partial charge in [-0.25, -0.2) is 4.99 Å². The fourth-order valence-electron chi connectivity index (χ4n) is 5.03. The molecule has 2 heterocycles. The fourth-order valence-corrected chi connectivity index (χ4v) is 6.65. The molecule has 0 aromatic carbocycles. The van der Waals surface area contributed by atoms with Crippen molar-refractivity contribution in [3.8, 4) is 0 Å². The summed E-state index contributed by atoms with van der Waals surface area (Å²) in [5.41, 5.74) is -0.196. The standard InChI is InChI=1S/C17H25NO2S/c1-16(2)10-17(5-6-20-16)15(19)18-14(21-17)9-13-8-11-3-4-12(13)7-11/h11-13H,3-10H2,1-2H3/t11-,12+,13-,17+/m1/s1. The largest absolute Gasteiger partial charge is 0.375 e. The predicted octanol–water partition coefficient (Wildman–Crippen LogP) is 3.81. The molecule has 0 radical (unpaired) electrons. The third-order valence-corrected chi connectivity index (χ3v) is 7.37. The van der Waals surface area contributed by atoms with Gasteiger partial charge >= 0.3 is 0 Å². The Morgan fingerprint density at radius 3 is 2.86 bits per heavy atom. The van der Waals surface area contributed by atoms with E-state index in [0.29, 0.717) is 6.61 Å². The first-order valence-corrected chi connectivity index (χ1v) is 9.22. The third kappa shape index (κ3) is 2.48. The van der Waals surface area contributed by atoms with E-state index in [2.05, 4.69) is 18.8 Å². The maximum atomic E-state index is 12.5. The highest BCUT2D eigenvalue weighted by Crippen LogP contribution is 2.52. The van der Waals surface area contributed by atoms with E-state index in [1.54, 1.807) is 11.8 Å². The number of hydrogen-bond donors (Lipinski definition) is 0. The minimum absolute atomic E-state index is 0.113. The van der Waals surface area contributed by atoms with Gasteiger partial charge in [0.15, 0.2) is 0 Å². The van der Waals surface area contributed by atoms with Crippen LogP contribution in [-0.4, -0.2) is 27.9 Å². The van der Waals surface area contributed by atoms with E-state index in [0.717, 1.165) is 42.1 Å². The summed E-state index contributed by atoms with van der Waals surface area (Å²) in [5, 5.41) is 1.12. The highest BCUT2D eigenvalue weighted by molar-refractivity contribution is 8.16. The predicted molar refractivity (Wildman–Crippen MR) is 85.6 cm³/mol. The lowest BCUT2D eigenvalue weighted by Gasteiger charge is -2.40. The number of fused-ring (bicyclic) bond motifs is 2. The number of aliphatic imine (C=N–C) groups is 1. The Kier molecular flexibility index (Phi) is 3.27. The molecule has 21 heavy (non-hydrogen) atoms. The summed E-state index contributed by atoms with van der Waals surface area (Å²) in [6.45, 7) is 4.87. The number of nitrogens with zero attached hydrogens (tertiary/aromatic N) is 1. The van der Waals surface area contributed by atoms with Crippen molar-refractivity contribution in [1.82, 2.24) is 0 Å². The second-order valence-corrected chi connectivity index (χ2v) is 9.54. The number of carbonyl (C=O) groups excluding carboxylic acids is 1. The van der Waals surface area contributed by atoms with Crippen molar-refractivity contribution in [2.75, 3.05) is 6.61 Å². The van der Waals surface area contributed by atoms with Gasteiger partial charge in [0.25, 0.3) is 5.91 Å². The molecule has 0 aromatic rings. The van der Waals surface area contributed by atoms with Crippen LogP contribution in [0.4, 0.5) is 0 Å². The first kappa shape index (κ1) is 14.3. The molecular formula is C17H25NO2S. The van der Waals surface area contributed by atoms with Crippen LogP contribution in [0.2, 0.25) is 0 Å². The summed E-state index contributed by atoms with van der Waals surface area (Å²) in [4.78, 5) is 17.0. The quantitative estimate of drug-likeness (QED) is 0.778. The number of rotatable bonds is 2. The summed E-state index contributed by atoms with van der Waals surface area (Å²) in [5.74, 6) is 2.79. The van der Waals surface area contributed by atoms with Gasteiger partial charge in [-0.1, -0.05) is 18.2 Å². The number of ether oxygens (including phenoxy) is 1. The van der Waals surface area contributed by atoms with Gasteiger partial charge in [0, 0.05) is 6.61 Å². The van der Waals surface area contributed by atoms with Crippen LogP contribution in [-0.2, 0) is 9.53 Å². The molecule has 2 aliphatic heterocycles. The molecule has 1 amide bonds. The number of amides is 1. The minimum Gasteiger partial charge on any atom is -0.375 e. The lowest BCUT2D eigenvalue weighted by Crippen LogP contribution is -2.46. The normalized spacial score (nSPS) is 44.6. The Morgan fingerprint density at radius 2 is 2.19 bits per heavy atom. The molecule has 2 aliphatic carbocycles. The second-order valence-electron chi connectivity index (χ2n) is 8.08. The molecule has 2 bridgehead atoms. The monoisotopic (exact) mass is 307 g/mol. The summed E-state index contributed by atoms with van der Waals surface area (Å²) < 4.78 is 5.48. The van der Waals surface area contributed by atoms with Crippen molar-refractivity contribution in [2.24, 2.45) is 22.7 Å². The Hall–Kier alpha value is -0.350. The molecule has 1 saturated heterocycles. The van der Waals surface area contributed by atoms with E-state index >= 15 is 0 Å². The first-order valence-electron chi connectivity index (χ1n) is 8.41. The number of thioether (sulfide) groups is 1. The van der Waals surface area contributed by atoms with Gasteiger partial charge in [-0.15, -0.1) is 0 Å². The Labute approximate surface area is 131 Å². The molecule has 0 unspecified atom stereocenters. The molecule has 0 aromatic heterocycles. The van der Waals surface area contributed by atoms with E-state index in [4.69, 9.17) is 4.74 Å². The van der Waals surface area contributed by atoms with Crippen molar-refractivity contribution >= 4 is 22.7 Å². The zero-order chi connectivity index (χ0) is 14.7. The van der Waals surface area contributed by atoms with Crippen LogP contribution in [0, 0.1) is 17.8 Å². The van der Waals surface area contributed by atoms with E-state index in [9.17, 15) is 4.79 Å². The highest BCUT2D eigenvalue weighted by Gasteiger charge is 2.51. The Balaban J connectivity index is 1.45. The van der Waals surface area contributed by atoms with Crippen LogP contribution >= 0.6 is 11.8 Å². The van der Waals surface area contributed by atoms with Crippen molar-refractivity contribution < 1.29 is 9.53 Å². The fraction of sp³-hybridized carbons (Fsp3) is 0.882. The minimum atomic E-state index is -0.311. The van der Waals surface area contributed by atoms with Gasteiger partial charge in [-0.05, 0) is 70.1 Å². The topological polar surface area (TPSA) is 38.7 Å². The Bertz CT molecular complexity index is 501. The van der Waals surface area contributed by atoms with Crippen molar-refractivity contribution in [1.29, 1.82) is 0 Å². The van der Waals surface area contributed by atoms with E-state index in [-0.39, 0.29) is 16.3 Å². The average Bonchev–Trinajstić information content (AvgIpc) is 3.05. The molecular weight excluding hydrogens is 282 g/mol. The average molecular weight is 307 g/mol. The third-order valence-electron chi connectivity index (χ3n) is 5.96. The van der Waals surface area contributed by atoms with Crippen LogP contribution in [0.15, 0.2) is 4.99 Å². The maximum Gasteiger partial charge on any atom is 0.263 e. The molecule has 3 fully saturated rings. The van der Waals surface area contributed by atoms with Gasteiger partial charge in [0.2, 0.25) is 0 Å². The van der Waals surface area contributed by atoms with Gasteiger partial charge in [0.05, 0.1) is 10.6 Å². The summed E-state index contributed by atoms with van der Waals surface area (Å²) in [7, 11) is 0. The SMILES string of the molecule is CC1(C)C[C@]2(CCO1)SC(C[C@H]1C[C@@H]3CC[C@H]1C3)=NC2=O. The van der Waals surface area contributed by atoms with Crippen molar-refractivity contribution in [2.45, 2.75) is 69.1 Å². The molecule has 4 rings (SSSR count). The number of carbonyl (C=O) groups is 1. The molecule has 116 valence electrons. The van der Waals surface area contributed by atoms with Gasteiger partial charge in [-0.2, -0.15) is 0 Å². The summed E-state index contributed by atoms with van der Waals surface area (Å²) >= 11 is 1.78. The maximum absolute atomic E-state index is 12.5. The van der Waals surface area contributed by atoms with Gasteiger partial charge in [0.1, 0.15) is 4.75 Å². The van der Waals surface area contributed by atoms with Crippen molar-refractivity contribution in [3.05, 3.63) is 0 Å². The smallest absolute Gasteiger partial charge is 0.263 e. The highest BCUT2D eigenvalue weighted by atomic mass is 32.2. The zero-order valence-electron chi connectivity index (χ0n) is 13.1. The molecule has 4 atom stereocenters. The zero-order valence-corrected chi connectivity index (χ0v) is 13.9. The number of hydrogen-bond acceptors (Lipinski definition) is 3. The Morgan fingerprint density at radius 1 is 1.33 bits per heavy atom. The molecule has 2 saturated carbocycles. The molecule has 4 heteroatoms. The molecule has 4 aliphatic rings. The lowest BCUT2D eigenvalue weighted by molar-refractivity contribution is -0.128. The van der Waals surface area contributed by atoms with E-state index < -0.39 is 0 Å². The van der Waals surface area contributed by atoms with Crippen LogP contribution < -0.4 is 0 Å². The lowest BCUT2D eigenvalue weighted by atomic mass is 9.86. The molecule has 0 N–H and O–H groups in total. The van der Waals surface area contributed by atoms with E-state index in [1.807, 2.05) is 0 Å². The molecule has 3 nitrogen and oxygen atoms in total. The van der Waals surface area contributed by atoms with Crippen LogP contribution in [0.1, 0.15) is 58.8 Å². The van der Waals surface area contributed by atoms with Gasteiger partial charge < -0.3 is 4.74 Å². The van der Waals surface area contributed by atoms with Crippen molar-refractivity contribution in [3.63, 3.8) is 0 Å². The molecule has 1 spiro atoms.